The third-order valence-corrected chi connectivity index (χ3v) is 5.04. The lowest BCUT2D eigenvalue weighted by molar-refractivity contribution is 0.0526. The van der Waals surface area contributed by atoms with Crippen LogP contribution in [0.5, 0.6) is 0 Å². The topological polar surface area (TPSA) is 80.5 Å². The minimum atomic E-state index is -0.910. The Morgan fingerprint density at radius 3 is 2.32 bits per heavy atom. The maximum atomic E-state index is 13.9. The third kappa shape index (κ3) is 2.03. The molecule has 0 bridgehead atoms. The van der Waals surface area contributed by atoms with Gasteiger partial charge in [-0.05, 0) is 49.1 Å². The number of nitrogen functional groups attached to an aromatic ring is 1. The quantitative estimate of drug-likeness (QED) is 0.640. The second-order valence-electron chi connectivity index (χ2n) is 6.37. The van der Waals surface area contributed by atoms with Gasteiger partial charge in [0.2, 0.25) is 0 Å². The standard InChI is InChI=1S/C19H15FN2O3/c1-9-10-6-7-15(17(23)16(10)14(21)8-13(9)20)22-18(24)11-4-2-3-5-12(11)19(22)25/h2-5,8,15H,6-7,21H2,1H3. The van der Waals surface area contributed by atoms with Crippen molar-refractivity contribution >= 4 is 23.3 Å². The highest BCUT2D eigenvalue weighted by molar-refractivity contribution is 6.24. The zero-order chi connectivity index (χ0) is 17.9. The highest BCUT2D eigenvalue weighted by Crippen LogP contribution is 2.35. The van der Waals surface area contributed by atoms with Crippen LogP contribution in [0.3, 0.4) is 0 Å². The summed E-state index contributed by atoms with van der Waals surface area (Å²) in [6.07, 6.45) is 0.647. The van der Waals surface area contributed by atoms with Crippen molar-refractivity contribution in [2.75, 3.05) is 5.73 Å². The Labute approximate surface area is 143 Å². The molecule has 1 atom stereocenters. The van der Waals surface area contributed by atoms with Gasteiger partial charge in [-0.15, -0.1) is 0 Å². The van der Waals surface area contributed by atoms with Crippen LogP contribution in [-0.4, -0.2) is 28.5 Å². The Hall–Kier alpha value is -3.02. The predicted octanol–water partition coefficient (Wildman–Crippen LogP) is 2.51. The molecule has 2 aromatic carbocycles. The van der Waals surface area contributed by atoms with Crippen molar-refractivity contribution in [3.8, 4) is 0 Å². The van der Waals surface area contributed by atoms with Crippen LogP contribution in [0.15, 0.2) is 30.3 Å². The van der Waals surface area contributed by atoms with Crippen molar-refractivity contribution in [2.24, 2.45) is 0 Å². The van der Waals surface area contributed by atoms with Gasteiger partial charge in [0.05, 0.1) is 11.1 Å². The molecular formula is C19H15FN2O3. The van der Waals surface area contributed by atoms with Crippen molar-refractivity contribution in [3.63, 3.8) is 0 Å². The van der Waals surface area contributed by atoms with E-state index in [0.29, 0.717) is 28.7 Å². The number of fused-ring (bicyclic) bond motifs is 2. The summed E-state index contributed by atoms with van der Waals surface area (Å²) in [6.45, 7) is 1.60. The van der Waals surface area contributed by atoms with Gasteiger partial charge in [0.25, 0.3) is 11.8 Å². The molecule has 25 heavy (non-hydrogen) atoms. The Morgan fingerprint density at radius 2 is 1.72 bits per heavy atom. The lowest BCUT2D eigenvalue weighted by Gasteiger charge is -2.31. The first kappa shape index (κ1) is 15.5. The van der Waals surface area contributed by atoms with Gasteiger partial charge >= 0.3 is 0 Å². The van der Waals surface area contributed by atoms with Crippen molar-refractivity contribution in [2.45, 2.75) is 25.8 Å². The number of hydrogen-bond donors (Lipinski definition) is 1. The van der Waals surface area contributed by atoms with Crippen LogP contribution in [0.25, 0.3) is 0 Å². The summed E-state index contributed by atoms with van der Waals surface area (Å²) in [5, 5.41) is 0. The summed E-state index contributed by atoms with van der Waals surface area (Å²) in [7, 11) is 0. The van der Waals surface area contributed by atoms with Gasteiger partial charge in [-0.2, -0.15) is 0 Å². The molecule has 126 valence electrons. The van der Waals surface area contributed by atoms with E-state index >= 15 is 0 Å². The number of hydrogen-bond acceptors (Lipinski definition) is 4. The van der Waals surface area contributed by atoms with E-state index in [1.165, 1.54) is 0 Å². The van der Waals surface area contributed by atoms with Crippen LogP contribution in [-0.2, 0) is 6.42 Å². The molecule has 1 heterocycles. The van der Waals surface area contributed by atoms with Gasteiger partial charge in [-0.25, -0.2) is 4.39 Å². The molecule has 0 aromatic heterocycles. The summed E-state index contributed by atoms with van der Waals surface area (Å²) >= 11 is 0. The second kappa shape index (κ2) is 5.24. The lowest BCUT2D eigenvalue weighted by Crippen LogP contribution is -2.47. The van der Waals surface area contributed by atoms with E-state index in [1.807, 2.05) is 0 Å². The number of ketones is 1. The average molecular weight is 338 g/mol. The summed E-state index contributed by atoms with van der Waals surface area (Å²) in [4.78, 5) is 39.3. The maximum Gasteiger partial charge on any atom is 0.262 e. The number of carbonyl (C=O) groups excluding carboxylic acids is 3. The summed E-state index contributed by atoms with van der Waals surface area (Å²) in [5.41, 5.74) is 7.69. The second-order valence-corrected chi connectivity index (χ2v) is 6.37. The zero-order valence-corrected chi connectivity index (χ0v) is 13.5. The Morgan fingerprint density at radius 1 is 1.12 bits per heavy atom. The van der Waals surface area contributed by atoms with Gasteiger partial charge in [-0.3, -0.25) is 19.3 Å². The summed E-state index contributed by atoms with van der Waals surface area (Å²) < 4.78 is 13.9. The molecule has 2 amide bonds. The van der Waals surface area contributed by atoms with Gasteiger partial charge < -0.3 is 5.73 Å². The van der Waals surface area contributed by atoms with Crippen LogP contribution in [0.4, 0.5) is 10.1 Å². The number of halogens is 1. The third-order valence-electron chi connectivity index (χ3n) is 5.04. The largest absolute Gasteiger partial charge is 0.398 e. The van der Waals surface area contributed by atoms with E-state index in [4.69, 9.17) is 5.73 Å². The first-order valence-electron chi connectivity index (χ1n) is 8.00. The van der Waals surface area contributed by atoms with E-state index in [-0.39, 0.29) is 17.7 Å². The normalized spacial score (nSPS) is 19.2. The molecule has 0 saturated carbocycles. The molecule has 4 rings (SSSR count). The fraction of sp³-hybridized carbons (Fsp3) is 0.211. The van der Waals surface area contributed by atoms with Crippen LogP contribution < -0.4 is 5.73 Å². The maximum absolute atomic E-state index is 13.9. The number of benzene rings is 2. The number of rotatable bonds is 1. The molecule has 0 radical (unpaired) electrons. The Balaban J connectivity index is 1.78. The molecule has 5 nitrogen and oxygen atoms in total. The minimum absolute atomic E-state index is 0.0457. The van der Waals surface area contributed by atoms with Crippen molar-refractivity contribution in [3.05, 3.63) is 64.0 Å². The first-order chi connectivity index (χ1) is 11.9. The number of imide groups is 1. The molecule has 0 spiro atoms. The number of Topliss-reactive ketones (excluding diaryl/α,β-unsaturated/α-hetero) is 1. The average Bonchev–Trinajstić information content (AvgIpc) is 2.84. The van der Waals surface area contributed by atoms with E-state index in [1.54, 1.807) is 31.2 Å². The zero-order valence-electron chi connectivity index (χ0n) is 13.5. The highest BCUT2D eigenvalue weighted by Gasteiger charge is 2.45. The van der Waals surface area contributed by atoms with Gasteiger partial charge in [-0.1, -0.05) is 12.1 Å². The van der Waals surface area contributed by atoms with Crippen molar-refractivity contribution < 1.29 is 18.8 Å². The van der Waals surface area contributed by atoms with Crippen LogP contribution in [0.1, 0.15) is 48.6 Å². The number of nitrogens with two attached hydrogens (primary N) is 1. The highest BCUT2D eigenvalue weighted by atomic mass is 19.1. The number of anilines is 1. The monoisotopic (exact) mass is 338 g/mol. The predicted molar refractivity (Wildman–Crippen MR) is 88.9 cm³/mol. The Kier molecular flexibility index (Phi) is 3.25. The molecule has 2 aliphatic rings. The summed E-state index contributed by atoms with van der Waals surface area (Å²) in [6, 6.07) is 6.71. The molecule has 1 unspecified atom stereocenters. The smallest absolute Gasteiger partial charge is 0.262 e. The molecule has 0 saturated heterocycles. The Bertz CT molecular complexity index is 932. The van der Waals surface area contributed by atoms with Crippen LogP contribution >= 0.6 is 0 Å². The van der Waals surface area contributed by atoms with Crippen molar-refractivity contribution in [1.82, 2.24) is 4.90 Å². The molecule has 2 aromatic rings. The number of carbonyl (C=O) groups is 3. The molecular weight excluding hydrogens is 323 g/mol. The van der Waals surface area contributed by atoms with E-state index in [2.05, 4.69) is 0 Å². The fourth-order valence-electron chi connectivity index (χ4n) is 3.74. The minimum Gasteiger partial charge on any atom is -0.398 e. The molecule has 2 N–H and O–H groups in total. The summed E-state index contributed by atoms with van der Waals surface area (Å²) in [5.74, 6) is -1.81. The lowest BCUT2D eigenvalue weighted by atomic mass is 9.83. The van der Waals surface area contributed by atoms with Gasteiger partial charge in [0.1, 0.15) is 11.9 Å². The van der Waals surface area contributed by atoms with Crippen molar-refractivity contribution in [1.29, 1.82) is 0 Å². The van der Waals surface area contributed by atoms with Crippen LogP contribution in [0, 0.1) is 12.7 Å². The van der Waals surface area contributed by atoms with E-state index in [0.717, 1.165) is 11.0 Å². The number of nitrogens with zero attached hydrogens (tertiary/aromatic N) is 1. The molecule has 0 fully saturated rings. The fourth-order valence-corrected chi connectivity index (χ4v) is 3.74. The SMILES string of the molecule is Cc1c(F)cc(N)c2c1CCC(N1C(=O)c3ccccc3C1=O)C2=O. The van der Waals surface area contributed by atoms with Crippen LogP contribution in [0.2, 0.25) is 0 Å². The molecule has 1 aliphatic carbocycles. The first-order valence-corrected chi connectivity index (χ1v) is 8.00. The van der Waals surface area contributed by atoms with Gasteiger partial charge in [0.15, 0.2) is 5.78 Å². The molecule has 1 aliphatic heterocycles. The number of amides is 2. The van der Waals surface area contributed by atoms with E-state index in [9.17, 15) is 18.8 Å². The molecule has 6 heteroatoms. The van der Waals surface area contributed by atoms with E-state index < -0.39 is 29.5 Å². The van der Waals surface area contributed by atoms with Gasteiger partial charge in [0, 0.05) is 11.3 Å².